The summed E-state index contributed by atoms with van der Waals surface area (Å²) >= 11 is 1.36. The average molecular weight is 498 g/mol. The van der Waals surface area contributed by atoms with Crippen molar-refractivity contribution in [3.05, 3.63) is 76.0 Å². The van der Waals surface area contributed by atoms with Crippen molar-refractivity contribution in [3.8, 4) is 0 Å². The van der Waals surface area contributed by atoms with Crippen LogP contribution in [0.15, 0.2) is 64.9 Å². The lowest BCUT2D eigenvalue weighted by molar-refractivity contribution is 0.0984. The third kappa shape index (κ3) is 4.77. The number of aryl methyl sites for hydroxylation is 1. The lowest BCUT2D eigenvalue weighted by Crippen LogP contribution is -2.36. The minimum atomic E-state index is -3.56. The molecule has 2 aromatic carbocycles. The Bertz CT molecular complexity index is 1280. The van der Waals surface area contributed by atoms with Gasteiger partial charge in [0.25, 0.3) is 11.8 Å². The van der Waals surface area contributed by atoms with Gasteiger partial charge in [-0.25, -0.2) is 8.42 Å². The second kappa shape index (κ2) is 10.1. The molecule has 3 aromatic rings. The lowest BCUT2D eigenvalue weighted by atomic mass is 10.0. The molecule has 34 heavy (non-hydrogen) atoms. The molecule has 4 rings (SSSR count). The first kappa shape index (κ1) is 24.1. The normalized spacial score (nSPS) is 13.6. The van der Waals surface area contributed by atoms with Gasteiger partial charge < -0.3 is 10.2 Å². The first-order valence-corrected chi connectivity index (χ1v) is 13.6. The Morgan fingerprint density at radius 1 is 1.06 bits per heavy atom. The Hall–Kier alpha value is -3.01. The zero-order valence-corrected chi connectivity index (χ0v) is 20.8. The van der Waals surface area contributed by atoms with Crippen LogP contribution in [0.2, 0.25) is 0 Å². The summed E-state index contributed by atoms with van der Waals surface area (Å²) in [6.45, 7) is 5.01. The minimum Gasteiger partial charge on any atom is -0.321 e. The van der Waals surface area contributed by atoms with Gasteiger partial charge in [0.2, 0.25) is 10.0 Å². The van der Waals surface area contributed by atoms with E-state index in [1.807, 2.05) is 25.3 Å². The number of carbonyl (C=O) groups excluding carboxylic acids is 2. The highest BCUT2D eigenvalue weighted by Gasteiger charge is 2.27. The number of anilines is 2. The van der Waals surface area contributed by atoms with E-state index in [1.165, 1.54) is 15.6 Å². The maximum Gasteiger partial charge on any atom is 0.265 e. The molecule has 1 N–H and O–H groups in total. The van der Waals surface area contributed by atoms with Gasteiger partial charge in [-0.1, -0.05) is 19.9 Å². The summed E-state index contributed by atoms with van der Waals surface area (Å²) in [5.41, 5.74) is 2.71. The van der Waals surface area contributed by atoms with E-state index in [0.29, 0.717) is 42.2 Å². The lowest BCUT2D eigenvalue weighted by Gasteiger charge is -2.30. The molecule has 0 saturated heterocycles. The summed E-state index contributed by atoms with van der Waals surface area (Å²) in [4.78, 5) is 28.1. The summed E-state index contributed by atoms with van der Waals surface area (Å²) in [7, 11) is -3.56. The van der Waals surface area contributed by atoms with Crippen LogP contribution in [0, 0.1) is 0 Å². The van der Waals surface area contributed by atoms with Crippen molar-refractivity contribution < 1.29 is 18.0 Å². The molecule has 0 saturated carbocycles. The van der Waals surface area contributed by atoms with E-state index in [0.717, 1.165) is 17.7 Å². The number of fused-ring (bicyclic) bond motifs is 1. The fourth-order valence-corrected chi connectivity index (χ4v) is 6.24. The van der Waals surface area contributed by atoms with Gasteiger partial charge in [-0.15, -0.1) is 11.3 Å². The molecule has 1 aliphatic heterocycles. The van der Waals surface area contributed by atoms with Crippen LogP contribution < -0.4 is 10.2 Å². The maximum absolute atomic E-state index is 13.3. The van der Waals surface area contributed by atoms with Crippen molar-refractivity contribution in [3.63, 3.8) is 0 Å². The number of amides is 2. The second-order valence-corrected chi connectivity index (χ2v) is 10.8. The van der Waals surface area contributed by atoms with Crippen LogP contribution >= 0.6 is 11.3 Å². The quantitative estimate of drug-likeness (QED) is 0.516. The molecule has 0 fully saturated rings. The van der Waals surface area contributed by atoms with E-state index in [9.17, 15) is 18.0 Å². The number of thiophene rings is 1. The first-order valence-electron chi connectivity index (χ1n) is 11.2. The molecular formula is C25H27N3O4S2. The predicted molar refractivity (Wildman–Crippen MR) is 135 cm³/mol. The molecule has 9 heteroatoms. The maximum atomic E-state index is 13.3. The molecule has 0 bridgehead atoms. The van der Waals surface area contributed by atoms with Gasteiger partial charge in [0.15, 0.2) is 0 Å². The van der Waals surface area contributed by atoms with Gasteiger partial charge in [-0.2, -0.15) is 4.31 Å². The van der Waals surface area contributed by atoms with Gasteiger partial charge in [0.1, 0.15) is 0 Å². The molecule has 0 spiro atoms. The van der Waals surface area contributed by atoms with Crippen LogP contribution in [0.4, 0.5) is 11.4 Å². The molecule has 2 heterocycles. The number of nitrogens with one attached hydrogen (secondary N) is 1. The summed E-state index contributed by atoms with van der Waals surface area (Å²) in [6.07, 6.45) is 1.47. The standard InChI is InChI=1S/C25H27N3O4S2/c1-3-27(4-2)34(31,32)21-13-14-22-19(17-21)7-5-15-28(22)25(30)18-9-11-20(12-10-18)26-24(29)23-8-6-16-33-23/h6,8-14,16-17H,3-5,7,15H2,1-2H3,(H,26,29). The summed E-state index contributed by atoms with van der Waals surface area (Å²) in [5.74, 6) is -0.342. The number of nitrogens with zero attached hydrogens (tertiary/aromatic N) is 2. The van der Waals surface area contributed by atoms with Gasteiger partial charge in [0, 0.05) is 36.6 Å². The van der Waals surface area contributed by atoms with Crippen LogP contribution in [-0.4, -0.2) is 44.2 Å². The third-order valence-corrected chi connectivity index (χ3v) is 8.81. The molecule has 0 aliphatic carbocycles. The molecule has 0 unspecified atom stereocenters. The molecule has 0 atom stereocenters. The van der Waals surface area contributed by atoms with Crippen molar-refractivity contribution >= 4 is 44.5 Å². The van der Waals surface area contributed by atoms with Crippen LogP contribution in [-0.2, 0) is 16.4 Å². The van der Waals surface area contributed by atoms with Crippen molar-refractivity contribution in [2.75, 3.05) is 29.9 Å². The van der Waals surface area contributed by atoms with Gasteiger partial charge in [0.05, 0.1) is 9.77 Å². The number of hydrogen-bond acceptors (Lipinski definition) is 5. The molecule has 178 valence electrons. The SMILES string of the molecule is CCN(CC)S(=O)(=O)c1ccc2c(c1)CCCN2C(=O)c1ccc(NC(=O)c2cccs2)cc1. The van der Waals surface area contributed by atoms with Crippen molar-refractivity contribution in [1.82, 2.24) is 4.31 Å². The van der Waals surface area contributed by atoms with E-state index >= 15 is 0 Å². The molecule has 2 amide bonds. The van der Waals surface area contributed by atoms with Crippen LogP contribution in [0.25, 0.3) is 0 Å². The molecule has 0 radical (unpaired) electrons. The van der Waals surface area contributed by atoms with Crippen LogP contribution in [0.1, 0.15) is 45.9 Å². The summed E-state index contributed by atoms with van der Waals surface area (Å²) in [6, 6.07) is 15.4. The Balaban J connectivity index is 1.53. The Morgan fingerprint density at radius 2 is 1.79 bits per heavy atom. The van der Waals surface area contributed by atoms with Crippen molar-refractivity contribution in [2.45, 2.75) is 31.6 Å². The predicted octanol–water partition coefficient (Wildman–Crippen LogP) is 4.62. The zero-order chi connectivity index (χ0) is 24.3. The Morgan fingerprint density at radius 3 is 2.44 bits per heavy atom. The Labute approximate surface area is 204 Å². The molecular weight excluding hydrogens is 470 g/mol. The number of benzene rings is 2. The highest BCUT2D eigenvalue weighted by Crippen LogP contribution is 2.31. The fraction of sp³-hybridized carbons (Fsp3) is 0.280. The average Bonchev–Trinajstić information content (AvgIpc) is 3.39. The first-order chi connectivity index (χ1) is 16.3. The second-order valence-electron chi connectivity index (χ2n) is 7.95. The monoisotopic (exact) mass is 497 g/mol. The number of hydrogen-bond donors (Lipinski definition) is 1. The summed E-state index contributed by atoms with van der Waals surface area (Å²) < 4.78 is 27.3. The van der Waals surface area contributed by atoms with E-state index in [-0.39, 0.29) is 16.7 Å². The Kier molecular flexibility index (Phi) is 7.16. The van der Waals surface area contributed by atoms with E-state index in [2.05, 4.69) is 5.32 Å². The highest BCUT2D eigenvalue weighted by molar-refractivity contribution is 7.89. The topological polar surface area (TPSA) is 86.8 Å². The van der Waals surface area contributed by atoms with Crippen molar-refractivity contribution in [2.24, 2.45) is 0 Å². The van der Waals surface area contributed by atoms with E-state index in [1.54, 1.807) is 53.4 Å². The highest BCUT2D eigenvalue weighted by atomic mass is 32.2. The number of rotatable bonds is 7. The van der Waals surface area contributed by atoms with Gasteiger partial charge in [-0.3, -0.25) is 9.59 Å². The molecule has 1 aliphatic rings. The number of carbonyl (C=O) groups is 2. The van der Waals surface area contributed by atoms with Crippen LogP contribution in [0.5, 0.6) is 0 Å². The van der Waals surface area contributed by atoms with E-state index in [4.69, 9.17) is 0 Å². The van der Waals surface area contributed by atoms with Gasteiger partial charge in [-0.05, 0) is 72.3 Å². The molecule has 1 aromatic heterocycles. The molecule has 7 nitrogen and oxygen atoms in total. The van der Waals surface area contributed by atoms with Crippen molar-refractivity contribution in [1.29, 1.82) is 0 Å². The minimum absolute atomic E-state index is 0.156. The largest absolute Gasteiger partial charge is 0.321 e. The third-order valence-electron chi connectivity index (χ3n) is 5.89. The van der Waals surface area contributed by atoms with E-state index < -0.39 is 10.0 Å². The number of sulfonamides is 1. The fourth-order valence-electron chi connectivity index (χ4n) is 4.11. The smallest absolute Gasteiger partial charge is 0.265 e. The van der Waals surface area contributed by atoms with Crippen LogP contribution in [0.3, 0.4) is 0 Å². The van der Waals surface area contributed by atoms with Gasteiger partial charge >= 0.3 is 0 Å². The zero-order valence-electron chi connectivity index (χ0n) is 19.2. The summed E-state index contributed by atoms with van der Waals surface area (Å²) in [5, 5.41) is 4.67.